The van der Waals surface area contributed by atoms with E-state index in [2.05, 4.69) is 13.8 Å². The number of ether oxygens (including phenoxy) is 2. The molecule has 2 N–H and O–H groups in total. The van der Waals surface area contributed by atoms with Gasteiger partial charge in [-0.15, -0.1) is 0 Å². The van der Waals surface area contributed by atoms with Crippen molar-refractivity contribution in [1.29, 1.82) is 0 Å². The number of unbranched alkanes of at least 4 members (excludes halogenated alkanes) is 2. The maximum atomic E-state index is 14.3. The molecule has 0 saturated carbocycles. The van der Waals surface area contributed by atoms with Crippen LogP contribution in [-0.4, -0.2) is 34.1 Å². The standard InChI is InChI=1S/C40H50O8/c1-5-9-17-27(7-3)23-31-33(37(41)42)34(38(43)44)32(24-28(8-4)18-10-6-2)36(40(46)48-26-30-21-15-12-16-22-30)35(31)39(45)47-25-29-19-13-11-14-20-29/h11-16,19-22,27-28H,5-10,17-18,23-26H2,1-4H3,(H,41,42)(H,43,44). The van der Waals surface area contributed by atoms with Crippen LogP contribution in [0.15, 0.2) is 60.7 Å². The van der Waals surface area contributed by atoms with Crippen LogP contribution in [0.2, 0.25) is 0 Å². The Morgan fingerprint density at radius 2 is 0.917 bits per heavy atom. The molecule has 0 aliphatic rings. The largest absolute Gasteiger partial charge is 0.478 e. The fraction of sp³-hybridized carbons (Fsp3) is 0.450. The predicted molar refractivity (Wildman–Crippen MR) is 186 cm³/mol. The molecule has 0 saturated heterocycles. The van der Waals surface area contributed by atoms with Crippen LogP contribution in [0.1, 0.15) is 143 Å². The van der Waals surface area contributed by atoms with E-state index in [0.29, 0.717) is 24.0 Å². The third-order valence-electron chi connectivity index (χ3n) is 9.04. The molecule has 8 nitrogen and oxygen atoms in total. The first kappa shape index (κ1) is 38.0. The number of esters is 2. The molecule has 3 rings (SSSR count). The van der Waals surface area contributed by atoms with Crippen LogP contribution < -0.4 is 0 Å². The van der Waals surface area contributed by atoms with Crippen molar-refractivity contribution in [2.24, 2.45) is 11.8 Å². The molecule has 3 aromatic carbocycles. The Morgan fingerprint density at radius 3 is 1.21 bits per heavy atom. The monoisotopic (exact) mass is 658 g/mol. The first-order valence-electron chi connectivity index (χ1n) is 17.3. The summed E-state index contributed by atoms with van der Waals surface area (Å²) in [6.45, 7) is 7.85. The quantitative estimate of drug-likeness (QED) is 0.115. The van der Waals surface area contributed by atoms with E-state index >= 15 is 0 Å². The zero-order valence-electron chi connectivity index (χ0n) is 28.8. The van der Waals surface area contributed by atoms with Gasteiger partial charge in [0.15, 0.2) is 0 Å². The highest BCUT2D eigenvalue weighted by Gasteiger charge is 2.38. The minimum Gasteiger partial charge on any atom is -0.478 e. The van der Waals surface area contributed by atoms with Gasteiger partial charge in [0.2, 0.25) is 0 Å². The summed E-state index contributed by atoms with van der Waals surface area (Å²) in [5.74, 6) is -4.80. The molecule has 0 aliphatic carbocycles. The highest BCUT2D eigenvalue weighted by molar-refractivity contribution is 6.13. The lowest BCUT2D eigenvalue weighted by atomic mass is 9.78. The van der Waals surface area contributed by atoms with Crippen LogP contribution in [0.5, 0.6) is 0 Å². The molecule has 0 aromatic heterocycles. The van der Waals surface area contributed by atoms with E-state index in [1.54, 1.807) is 24.3 Å². The number of benzene rings is 3. The SMILES string of the molecule is CCCCC(CC)Cc1c(C(=O)O)c(C(=O)O)c(CC(CC)CCCC)c(C(=O)OCc2ccccc2)c1C(=O)OCc1ccccc1. The van der Waals surface area contributed by atoms with Gasteiger partial charge in [0.25, 0.3) is 0 Å². The number of carboxylic acid groups (broad SMARTS) is 2. The van der Waals surface area contributed by atoms with Crippen LogP contribution in [0, 0.1) is 11.8 Å². The van der Waals surface area contributed by atoms with Crippen LogP contribution >= 0.6 is 0 Å². The summed E-state index contributed by atoms with van der Waals surface area (Å²) in [4.78, 5) is 54.8. The van der Waals surface area contributed by atoms with Gasteiger partial charge in [0, 0.05) is 0 Å². The Balaban J connectivity index is 2.38. The van der Waals surface area contributed by atoms with Gasteiger partial charge < -0.3 is 19.7 Å². The van der Waals surface area contributed by atoms with Gasteiger partial charge in [0.05, 0.1) is 22.3 Å². The smallest absolute Gasteiger partial charge is 0.339 e. The highest BCUT2D eigenvalue weighted by Crippen LogP contribution is 2.36. The maximum absolute atomic E-state index is 14.3. The van der Waals surface area contributed by atoms with Crippen molar-refractivity contribution < 1.29 is 38.9 Å². The van der Waals surface area contributed by atoms with E-state index in [-0.39, 0.29) is 60.1 Å². The highest BCUT2D eigenvalue weighted by atomic mass is 16.5. The molecular formula is C40H50O8. The lowest BCUT2D eigenvalue weighted by Crippen LogP contribution is -2.28. The number of rotatable bonds is 20. The number of hydrogen-bond donors (Lipinski definition) is 2. The summed E-state index contributed by atoms with van der Waals surface area (Å²) in [6, 6.07) is 18.1. The number of carboxylic acids is 2. The Hall–Kier alpha value is -4.46. The minimum absolute atomic E-state index is 0.0120. The van der Waals surface area contributed by atoms with Crippen molar-refractivity contribution in [3.8, 4) is 0 Å². The molecule has 48 heavy (non-hydrogen) atoms. The number of carbonyl (C=O) groups excluding carboxylic acids is 2. The molecule has 258 valence electrons. The van der Waals surface area contributed by atoms with Gasteiger partial charge in [-0.05, 0) is 46.9 Å². The average molecular weight is 659 g/mol. The Morgan fingerprint density at radius 1 is 0.562 bits per heavy atom. The number of carbonyl (C=O) groups is 4. The fourth-order valence-corrected chi connectivity index (χ4v) is 6.24. The van der Waals surface area contributed by atoms with E-state index in [1.807, 2.05) is 50.2 Å². The van der Waals surface area contributed by atoms with Crippen LogP contribution in [0.3, 0.4) is 0 Å². The molecule has 0 heterocycles. The summed E-state index contributed by atoms with van der Waals surface area (Å²) in [7, 11) is 0. The molecule has 0 fully saturated rings. The summed E-state index contributed by atoms with van der Waals surface area (Å²) in [5, 5.41) is 21.4. The Labute approximate surface area is 284 Å². The fourth-order valence-electron chi connectivity index (χ4n) is 6.24. The van der Waals surface area contributed by atoms with E-state index in [0.717, 1.165) is 38.5 Å². The second-order valence-electron chi connectivity index (χ2n) is 12.4. The molecule has 8 heteroatoms. The third kappa shape index (κ3) is 10.3. The molecule has 0 aliphatic heterocycles. The van der Waals surface area contributed by atoms with Gasteiger partial charge in [-0.3, -0.25) is 0 Å². The maximum Gasteiger partial charge on any atom is 0.339 e. The molecular weight excluding hydrogens is 608 g/mol. The summed E-state index contributed by atoms with van der Waals surface area (Å²) in [5.41, 5.74) is 0.121. The molecule has 0 radical (unpaired) electrons. The van der Waals surface area contributed by atoms with Crippen molar-refractivity contribution in [3.05, 3.63) is 105 Å². The molecule has 2 atom stereocenters. The molecule has 3 aromatic rings. The van der Waals surface area contributed by atoms with Gasteiger partial charge >= 0.3 is 23.9 Å². The number of hydrogen-bond acceptors (Lipinski definition) is 6. The second-order valence-corrected chi connectivity index (χ2v) is 12.4. The first-order chi connectivity index (χ1) is 23.2. The second kappa shape index (κ2) is 19.4. The molecule has 0 amide bonds. The Kier molecular flexibility index (Phi) is 15.3. The topological polar surface area (TPSA) is 127 Å². The molecule has 0 bridgehead atoms. The van der Waals surface area contributed by atoms with E-state index in [4.69, 9.17) is 9.47 Å². The Bertz CT molecular complexity index is 1400. The third-order valence-corrected chi connectivity index (χ3v) is 9.04. The van der Waals surface area contributed by atoms with Crippen molar-refractivity contribution in [1.82, 2.24) is 0 Å². The average Bonchev–Trinajstić information content (AvgIpc) is 3.09. The van der Waals surface area contributed by atoms with E-state index in [9.17, 15) is 29.4 Å². The summed E-state index contributed by atoms with van der Waals surface area (Å²) in [6.07, 6.45) is 6.62. The van der Waals surface area contributed by atoms with Crippen LogP contribution in [-0.2, 0) is 35.5 Å². The summed E-state index contributed by atoms with van der Waals surface area (Å²) < 4.78 is 11.6. The van der Waals surface area contributed by atoms with Gasteiger partial charge in [-0.2, -0.15) is 0 Å². The molecule has 0 spiro atoms. The normalized spacial score (nSPS) is 12.2. The van der Waals surface area contributed by atoms with Crippen molar-refractivity contribution in [2.75, 3.05) is 0 Å². The van der Waals surface area contributed by atoms with Crippen LogP contribution in [0.4, 0.5) is 0 Å². The lowest BCUT2D eigenvalue weighted by Gasteiger charge is -2.26. The van der Waals surface area contributed by atoms with E-state index < -0.39 is 35.0 Å². The van der Waals surface area contributed by atoms with Gasteiger partial charge in [-0.1, -0.05) is 140 Å². The van der Waals surface area contributed by atoms with E-state index in [1.165, 1.54) is 0 Å². The molecule has 2 unspecified atom stereocenters. The lowest BCUT2D eigenvalue weighted by molar-refractivity contribution is 0.0421. The minimum atomic E-state index is -1.46. The van der Waals surface area contributed by atoms with Crippen molar-refractivity contribution in [3.63, 3.8) is 0 Å². The van der Waals surface area contributed by atoms with Gasteiger partial charge in [-0.25, -0.2) is 19.2 Å². The first-order valence-corrected chi connectivity index (χ1v) is 17.3. The van der Waals surface area contributed by atoms with Crippen molar-refractivity contribution >= 4 is 23.9 Å². The zero-order chi connectivity index (χ0) is 35.1. The number of aromatic carboxylic acids is 2. The zero-order valence-corrected chi connectivity index (χ0v) is 28.8. The predicted octanol–water partition coefficient (Wildman–Crippen LogP) is 9.31. The van der Waals surface area contributed by atoms with Gasteiger partial charge in [0.1, 0.15) is 13.2 Å². The van der Waals surface area contributed by atoms with Crippen LogP contribution in [0.25, 0.3) is 0 Å². The van der Waals surface area contributed by atoms with Crippen molar-refractivity contribution in [2.45, 2.75) is 105 Å². The summed E-state index contributed by atoms with van der Waals surface area (Å²) >= 11 is 0.